The number of nitrogens with zero attached hydrogens (tertiary/aromatic N) is 2. The number of amides is 2. The molecule has 132 valence electrons. The zero-order chi connectivity index (χ0) is 18.6. The number of benzene rings is 1. The minimum absolute atomic E-state index is 0.107. The molecule has 0 saturated heterocycles. The first-order chi connectivity index (χ1) is 11.8. The Morgan fingerprint density at radius 1 is 1.24 bits per heavy atom. The number of carbonyl (C=O) groups excluding carboxylic acids is 2. The SMILES string of the molecule is CC(=O)NCCN(C(=O)c1ccc2nc(C)ccc2c1)C(C)C(=O)O. The second-order valence-electron chi connectivity index (χ2n) is 5.86. The molecule has 0 aliphatic rings. The lowest BCUT2D eigenvalue weighted by Crippen LogP contribution is -2.46. The molecule has 0 spiro atoms. The Balaban J connectivity index is 2.29. The van der Waals surface area contributed by atoms with Crippen molar-refractivity contribution in [2.24, 2.45) is 0 Å². The molecule has 7 nitrogen and oxygen atoms in total. The van der Waals surface area contributed by atoms with E-state index in [1.807, 2.05) is 19.1 Å². The van der Waals surface area contributed by atoms with Gasteiger partial charge < -0.3 is 15.3 Å². The number of rotatable bonds is 6. The molecule has 7 heteroatoms. The summed E-state index contributed by atoms with van der Waals surface area (Å²) in [4.78, 5) is 40.8. The fraction of sp³-hybridized carbons (Fsp3) is 0.333. The molecule has 0 aliphatic carbocycles. The van der Waals surface area contributed by atoms with Gasteiger partial charge in [-0.25, -0.2) is 4.79 Å². The molecule has 0 radical (unpaired) electrons. The zero-order valence-electron chi connectivity index (χ0n) is 14.4. The highest BCUT2D eigenvalue weighted by Crippen LogP contribution is 2.17. The van der Waals surface area contributed by atoms with Crippen LogP contribution < -0.4 is 5.32 Å². The number of hydrogen-bond acceptors (Lipinski definition) is 4. The van der Waals surface area contributed by atoms with Crippen molar-refractivity contribution < 1.29 is 19.5 Å². The van der Waals surface area contributed by atoms with Gasteiger partial charge in [0.05, 0.1) is 5.52 Å². The summed E-state index contributed by atoms with van der Waals surface area (Å²) in [5, 5.41) is 12.7. The molecule has 1 unspecified atom stereocenters. The van der Waals surface area contributed by atoms with Gasteiger partial charge in [0.1, 0.15) is 6.04 Å². The first-order valence-electron chi connectivity index (χ1n) is 7.95. The molecule has 0 aliphatic heterocycles. The number of aliphatic carboxylic acids is 1. The zero-order valence-corrected chi connectivity index (χ0v) is 14.4. The van der Waals surface area contributed by atoms with Crippen LogP contribution in [-0.2, 0) is 9.59 Å². The number of aromatic nitrogens is 1. The number of hydrogen-bond donors (Lipinski definition) is 2. The van der Waals surface area contributed by atoms with Crippen LogP contribution in [0.5, 0.6) is 0 Å². The Kier molecular flexibility index (Phi) is 5.69. The Morgan fingerprint density at radius 2 is 1.96 bits per heavy atom. The number of carboxylic acid groups (broad SMARTS) is 1. The van der Waals surface area contributed by atoms with Crippen LogP contribution in [0.3, 0.4) is 0 Å². The highest BCUT2D eigenvalue weighted by Gasteiger charge is 2.26. The second-order valence-corrected chi connectivity index (χ2v) is 5.86. The van der Waals surface area contributed by atoms with Crippen LogP contribution in [0, 0.1) is 6.92 Å². The molecule has 2 aromatic rings. The standard InChI is InChI=1S/C18H21N3O4/c1-11-4-5-14-10-15(6-7-16(14)20-11)17(23)21(12(2)18(24)25)9-8-19-13(3)22/h4-7,10,12H,8-9H2,1-3H3,(H,19,22)(H,24,25). The molecule has 2 N–H and O–H groups in total. The van der Waals surface area contributed by atoms with Gasteiger partial charge in [-0.05, 0) is 38.1 Å². The van der Waals surface area contributed by atoms with Crippen LogP contribution in [0.15, 0.2) is 30.3 Å². The third-order valence-corrected chi connectivity index (χ3v) is 3.89. The van der Waals surface area contributed by atoms with Gasteiger partial charge in [0.2, 0.25) is 5.91 Å². The molecule has 25 heavy (non-hydrogen) atoms. The van der Waals surface area contributed by atoms with Crippen LogP contribution in [0.2, 0.25) is 0 Å². The topological polar surface area (TPSA) is 99.6 Å². The van der Waals surface area contributed by atoms with Gasteiger partial charge in [0.15, 0.2) is 0 Å². The van der Waals surface area contributed by atoms with Crippen LogP contribution >= 0.6 is 0 Å². The van der Waals surface area contributed by atoms with Crippen molar-refractivity contribution in [3.8, 4) is 0 Å². The molecular weight excluding hydrogens is 322 g/mol. The largest absolute Gasteiger partial charge is 0.480 e. The van der Waals surface area contributed by atoms with Gasteiger partial charge in [-0.1, -0.05) is 6.07 Å². The molecule has 1 aromatic carbocycles. The summed E-state index contributed by atoms with van der Waals surface area (Å²) in [5.41, 5.74) is 2.03. The summed E-state index contributed by atoms with van der Waals surface area (Å²) >= 11 is 0. The summed E-state index contributed by atoms with van der Waals surface area (Å²) in [6, 6.07) is 7.80. The normalized spacial score (nSPS) is 11.8. The molecule has 1 aromatic heterocycles. The minimum atomic E-state index is -1.10. The number of nitrogens with one attached hydrogen (secondary N) is 1. The fourth-order valence-electron chi connectivity index (χ4n) is 2.48. The van der Waals surface area contributed by atoms with Gasteiger partial charge in [0, 0.05) is 36.7 Å². The first kappa shape index (κ1) is 18.4. The predicted octanol–water partition coefficient (Wildman–Crippen LogP) is 1.59. The summed E-state index contributed by atoms with van der Waals surface area (Å²) in [6.07, 6.45) is 0. The monoisotopic (exact) mass is 343 g/mol. The Labute approximate surface area is 145 Å². The van der Waals surface area contributed by atoms with Crippen molar-refractivity contribution in [2.75, 3.05) is 13.1 Å². The van der Waals surface area contributed by atoms with E-state index >= 15 is 0 Å². The summed E-state index contributed by atoms with van der Waals surface area (Å²) in [5.74, 6) is -1.74. The van der Waals surface area contributed by atoms with Crippen LogP contribution in [0.1, 0.15) is 29.9 Å². The molecule has 2 rings (SSSR count). The average Bonchev–Trinajstić information content (AvgIpc) is 2.56. The Hall–Kier alpha value is -2.96. The first-order valence-corrected chi connectivity index (χ1v) is 7.95. The summed E-state index contributed by atoms with van der Waals surface area (Å²) in [7, 11) is 0. The van der Waals surface area contributed by atoms with Gasteiger partial charge >= 0.3 is 5.97 Å². The van der Waals surface area contributed by atoms with E-state index in [1.165, 1.54) is 18.7 Å². The summed E-state index contributed by atoms with van der Waals surface area (Å²) < 4.78 is 0. The Bertz CT molecular complexity index is 819. The van der Waals surface area contributed by atoms with Crippen LogP contribution in [0.4, 0.5) is 0 Å². The maximum absolute atomic E-state index is 12.8. The smallest absolute Gasteiger partial charge is 0.326 e. The van der Waals surface area contributed by atoms with E-state index in [0.717, 1.165) is 16.6 Å². The lowest BCUT2D eigenvalue weighted by atomic mass is 10.1. The fourth-order valence-corrected chi connectivity index (χ4v) is 2.48. The second kappa shape index (κ2) is 7.74. The van der Waals surface area contributed by atoms with E-state index in [-0.39, 0.29) is 19.0 Å². The number of carbonyl (C=O) groups is 3. The van der Waals surface area contributed by atoms with Crippen molar-refractivity contribution in [2.45, 2.75) is 26.8 Å². The number of fused-ring (bicyclic) bond motifs is 1. The van der Waals surface area contributed by atoms with E-state index in [1.54, 1.807) is 18.2 Å². The van der Waals surface area contributed by atoms with Crippen LogP contribution in [0.25, 0.3) is 10.9 Å². The van der Waals surface area contributed by atoms with Gasteiger partial charge in [-0.15, -0.1) is 0 Å². The number of aryl methyl sites for hydroxylation is 1. The maximum Gasteiger partial charge on any atom is 0.326 e. The lowest BCUT2D eigenvalue weighted by Gasteiger charge is -2.26. The van der Waals surface area contributed by atoms with E-state index < -0.39 is 17.9 Å². The quantitative estimate of drug-likeness (QED) is 0.830. The maximum atomic E-state index is 12.8. The molecular formula is C18H21N3O4. The van der Waals surface area contributed by atoms with E-state index in [0.29, 0.717) is 5.56 Å². The average molecular weight is 343 g/mol. The summed E-state index contributed by atoms with van der Waals surface area (Å²) in [6.45, 7) is 4.99. The van der Waals surface area contributed by atoms with Gasteiger partial charge in [-0.2, -0.15) is 0 Å². The van der Waals surface area contributed by atoms with E-state index in [2.05, 4.69) is 10.3 Å². The third-order valence-electron chi connectivity index (χ3n) is 3.89. The predicted molar refractivity (Wildman–Crippen MR) is 93.3 cm³/mol. The lowest BCUT2D eigenvalue weighted by molar-refractivity contribution is -0.141. The molecule has 0 saturated carbocycles. The highest BCUT2D eigenvalue weighted by molar-refractivity contribution is 5.99. The van der Waals surface area contributed by atoms with Crippen molar-refractivity contribution in [1.82, 2.24) is 15.2 Å². The molecule has 1 atom stereocenters. The molecule has 0 fully saturated rings. The van der Waals surface area contributed by atoms with Crippen molar-refractivity contribution in [1.29, 1.82) is 0 Å². The third kappa shape index (κ3) is 4.53. The minimum Gasteiger partial charge on any atom is -0.480 e. The van der Waals surface area contributed by atoms with Crippen molar-refractivity contribution in [3.63, 3.8) is 0 Å². The molecule has 2 amide bonds. The number of carboxylic acids is 1. The Morgan fingerprint density at radius 3 is 2.60 bits per heavy atom. The van der Waals surface area contributed by atoms with Crippen molar-refractivity contribution in [3.05, 3.63) is 41.6 Å². The van der Waals surface area contributed by atoms with E-state index in [9.17, 15) is 19.5 Å². The van der Waals surface area contributed by atoms with Crippen LogP contribution in [-0.4, -0.2) is 51.9 Å². The van der Waals surface area contributed by atoms with Crippen molar-refractivity contribution >= 4 is 28.7 Å². The van der Waals surface area contributed by atoms with E-state index in [4.69, 9.17) is 0 Å². The highest BCUT2D eigenvalue weighted by atomic mass is 16.4. The molecule has 1 heterocycles. The van der Waals surface area contributed by atoms with Gasteiger partial charge in [0.25, 0.3) is 5.91 Å². The number of pyridine rings is 1. The molecule has 0 bridgehead atoms. The van der Waals surface area contributed by atoms with Gasteiger partial charge in [-0.3, -0.25) is 14.6 Å².